The second-order valence-electron chi connectivity index (χ2n) is 2.81. The molecule has 64 valence electrons. The van der Waals surface area contributed by atoms with Crippen LogP contribution in [0, 0.1) is 3.57 Å². The summed E-state index contributed by atoms with van der Waals surface area (Å²) in [5.41, 5.74) is 1.43. The molecule has 0 nitrogen and oxygen atoms in total. The van der Waals surface area contributed by atoms with Gasteiger partial charge in [-0.3, -0.25) is 0 Å². The summed E-state index contributed by atoms with van der Waals surface area (Å²) in [6.07, 6.45) is 5.48. The fourth-order valence-electron chi connectivity index (χ4n) is 1.10. The van der Waals surface area contributed by atoms with E-state index in [2.05, 4.69) is 53.4 Å². The molecule has 0 bridgehead atoms. The molecule has 0 atom stereocenters. The van der Waals surface area contributed by atoms with Gasteiger partial charge in [0.25, 0.3) is 0 Å². The highest BCUT2D eigenvalue weighted by Gasteiger charge is 1.91. The maximum absolute atomic E-state index is 3.70. The molecule has 12 heavy (non-hydrogen) atoms. The van der Waals surface area contributed by atoms with E-state index in [9.17, 15) is 0 Å². The molecule has 1 rings (SSSR count). The average Bonchev–Trinajstić information content (AvgIpc) is 2.09. The van der Waals surface area contributed by atoms with E-state index >= 15 is 0 Å². The fourth-order valence-corrected chi connectivity index (χ4v) is 1.46. The molecule has 0 fully saturated rings. The van der Waals surface area contributed by atoms with E-state index < -0.39 is 0 Å². The van der Waals surface area contributed by atoms with Crippen LogP contribution in [0.15, 0.2) is 36.9 Å². The Morgan fingerprint density at radius 1 is 1.25 bits per heavy atom. The predicted molar refractivity (Wildman–Crippen MR) is 62.3 cm³/mol. The normalized spacial score (nSPS) is 9.75. The summed E-state index contributed by atoms with van der Waals surface area (Å²) < 4.78 is 1.31. The van der Waals surface area contributed by atoms with Crippen LogP contribution in [-0.4, -0.2) is 0 Å². The van der Waals surface area contributed by atoms with Gasteiger partial charge >= 0.3 is 0 Å². The molecular formula is C11H13I. The van der Waals surface area contributed by atoms with Crippen LogP contribution in [0.3, 0.4) is 0 Å². The Labute approximate surface area is 87.8 Å². The predicted octanol–water partition coefficient (Wildman–Crippen LogP) is 3.80. The van der Waals surface area contributed by atoms with Gasteiger partial charge in [-0.05, 0) is 59.5 Å². The topological polar surface area (TPSA) is 0 Å². The van der Waals surface area contributed by atoms with Gasteiger partial charge in [-0.1, -0.05) is 18.2 Å². The highest BCUT2D eigenvalue weighted by molar-refractivity contribution is 14.1. The van der Waals surface area contributed by atoms with E-state index in [1.807, 2.05) is 6.08 Å². The second kappa shape index (κ2) is 5.36. The molecule has 0 radical (unpaired) electrons. The Morgan fingerprint density at radius 2 is 1.92 bits per heavy atom. The van der Waals surface area contributed by atoms with Crippen LogP contribution in [0.1, 0.15) is 18.4 Å². The number of hydrogen-bond acceptors (Lipinski definition) is 0. The summed E-state index contributed by atoms with van der Waals surface area (Å²) in [6, 6.07) is 8.71. The zero-order valence-electron chi connectivity index (χ0n) is 7.09. The average molecular weight is 272 g/mol. The number of unbranched alkanes of at least 4 members (excludes halogenated alkanes) is 1. The van der Waals surface area contributed by atoms with Gasteiger partial charge in [0, 0.05) is 3.57 Å². The number of aryl methyl sites for hydroxylation is 1. The standard InChI is InChI=1S/C11H13I/c1-2-3-4-5-10-6-8-11(12)9-7-10/h2,6-9H,1,3-5H2. The summed E-state index contributed by atoms with van der Waals surface area (Å²) in [5.74, 6) is 0. The van der Waals surface area contributed by atoms with E-state index in [0.29, 0.717) is 0 Å². The number of rotatable bonds is 4. The lowest BCUT2D eigenvalue weighted by Gasteiger charge is -1.98. The van der Waals surface area contributed by atoms with E-state index in [0.717, 1.165) is 6.42 Å². The van der Waals surface area contributed by atoms with Crippen LogP contribution in [-0.2, 0) is 6.42 Å². The van der Waals surface area contributed by atoms with E-state index in [-0.39, 0.29) is 0 Å². The summed E-state index contributed by atoms with van der Waals surface area (Å²) in [4.78, 5) is 0. The monoisotopic (exact) mass is 272 g/mol. The minimum absolute atomic E-state index is 1.12. The molecule has 0 aliphatic rings. The molecule has 0 unspecified atom stereocenters. The maximum Gasteiger partial charge on any atom is 0.0130 e. The Morgan fingerprint density at radius 3 is 2.50 bits per heavy atom. The lowest BCUT2D eigenvalue weighted by Crippen LogP contribution is -1.83. The molecule has 0 aliphatic heterocycles. The summed E-state index contributed by atoms with van der Waals surface area (Å²) in [6.45, 7) is 3.70. The minimum atomic E-state index is 1.12. The molecule has 0 heterocycles. The highest BCUT2D eigenvalue weighted by atomic mass is 127. The van der Waals surface area contributed by atoms with Gasteiger partial charge in [-0.15, -0.1) is 6.58 Å². The van der Waals surface area contributed by atoms with Crippen LogP contribution < -0.4 is 0 Å². The van der Waals surface area contributed by atoms with E-state index in [1.54, 1.807) is 0 Å². The lowest BCUT2D eigenvalue weighted by molar-refractivity contribution is 0.844. The molecule has 1 aromatic rings. The molecule has 0 spiro atoms. The van der Waals surface area contributed by atoms with Gasteiger partial charge in [-0.25, -0.2) is 0 Å². The molecule has 0 aromatic heterocycles. The van der Waals surface area contributed by atoms with Crippen LogP contribution in [0.5, 0.6) is 0 Å². The van der Waals surface area contributed by atoms with Crippen molar-refractivity contribution in [2.24, 2.45) is 0 Å². The van der Waals surface area contributed by atoms with Crippen molar-refractivity contribution in [2.75, 3.05) is 0 Å². The number of benzene rings is 1. The molecule has 1 heteroatoms. The van der Waals surface area contributed by atoms with Crippen molar-refractivity contribution in [3.05, 3.63) is 46.1 Å². The first kappa shape index (κ1) is 9.78. The van der Waals surface area contributed by atoms with Crippen molar-refractivity contribution in [1.82, 2.24) is 0 Å². The van der Waals surface area contributed by atoms with E-state index in [1.165, 1.54) is 22.0 Å². The first-order valence-corrected chi connectivity index (χ1v) is 5.26. The highest BCUT2D eigenvalue weighted by Crippen LogP contribution is 2.09. The SMILES string of the molecule is C=CCCCc1ccc(I)cc1. The number of halogens is 1. The van der Waals surface area contributed by atoms with Crippen molar-refractivity contribution in [1.29, 1.82) is 0 Å². The molecule has 0 amide bonds. The third kappa shape index (κ3) is 3.39. The van der Waals surface area contributed by atoms with Gasteiger partial charge in [-0.2, -0.15) is 0 Å². The summed E-state index contributed by atoms with van der Waals surface area (Å²) in [7, 11) is 0. The fraction of sp³-hybridized carbons (Fsp3) is 0.273. The third-order valence-electron chi connectivity index (χ3n) is 1.79. The van der Waals surface area contributed by atoms with E-state index in [4.69, 9.17) is 0 Å². The first-order chi connectivity index (χ1) is 5.83. The molecule has 0 saturated heterocycles. The maximum atomic E-state index is 3.70. The van der Waals surface area contributed by atoms with Crippen molar-refractivity contribution in [3.63, 3.8) is 0 Å². The lowest BCUT2D eigenvalue weighted by atomic mass is 10.1. The zero-order chi connectivity index (χ0) is 8.81. The Bertz CT molecular complexity index is 236. The van der Waals surface area contributed by atoms with Gasteiger partial charge in [0.15, 0.2) is 0 Å². The van der Waals surface area contributed by atoms with Crippen LogP contribution >= 0.6 is 22.6 Å². The Kier molecular flexibility index (Phi) is 4.36. The van der Waals surface area contributed by atoms with Gasteiger partial charge in [0.2, 0.25) is 0 Å². The van der Waals surface area contributed by atoms with Gasteiger partial charge < -0.3 is 0 Å². The second-order valence-corrected chi connectivity index (χ2v) is 4.05. The molecule has 0 N–H and O–H groups in total. The Balaban J connectivity index is 2.42. The smallest absolute Gasteiger partial charge is 0.0130 e. The molecular weight excluding hydrogens is 259 g/mol. The summed E-state index contributed by atoms with van der Waals surface area (Å²) in [5, 5.41) is 0. The number of hydrogen-bond donors (Lipinski definition) is 0. The minimum Gasteiger partial charge on any atom is -0.103 e. The quantitative estimate of drug-likeness (QED) is 0.444. The third-order valence-corrected chi connectivity index (χ3v) is 2.51. The zero-order valence-corrected chi connectivity index (χ0v) is 9.25. The molecule has 1 aromatic carbocycles. The van der Waals surface area contributed by atoms with Gasteiger partial charge in [0.1, 0.15) is 0 Å². The van der Waals surface area contributed by atoms with Crippen LogP contribution in [0.4, 0.5) is 0 Å². The van der Waals surface area contributed by atoms with Gasteiger partial charge in [0.05, 0.1) is 0 Å². The summed E-state index contributed by atoms with van der Waals surface area (Å²) >= 11 is 2.33. The van der Waals surface area contributed by atoms with Crippen molar-refractivity contribution in [3.8, 4) is 0 Å². The van der Waals surface area contributed by atoms with Crippen molar-refractivity contribution in [2.45, 2.75) is 19.3 Å². The Hall–Kier alpha value is -0.310. The molecule has 0 aliphatic carbocycles. The van der Waals surface area contributed by atoms with Crippen LogP contribution in [0.25, 0.3) is 0 Å². The molecule has 0 saturated carbocycles. The number of allylic oxidation sites excluding steroid dienone is 1. The largest absolute Gasteiger partial charge is 0.103 e. The van der Waals surface area contributed by atoms with Crippen molar-refractivity contribution >= 4 is 22.6 Å². The van der Waals surface area contributed by atoms with Crippen LogP contribution in [0.2, 0.25) is 0 Å². The van der Waals surface area contributed by atoms with Crippen molar-refractivity contribution < 1.29 is 0 Å². The first-order valence-electron chi connectivity index (χ1n) is 4.18.